The molecule has 2 aromatic carbocycles. The number of methoxy groups -OCH3 is 1. The molecule has 0 saturated carbocycles. The fourth-order valence-corrected chi connectivity index (χ4v) is 2.84. The molecule has 1 atom stereocenters. The Balaban J connectivity index is 2.18. The van der Waals surface area contributed by atoms with Crippen LogP contribution >= 0.6 is 0 Å². The highest BCUT2D eigenvalue weighted by atomic mass is 19.4. The van der Waals surface area contributed by atoms with E-state index < -0.39 is 6.36 Å². The topological polar surface area (TPSA) is 18.5 Å². The van der Waals surface area contributed by atoms with Crippen molar-refractivity contribution in [2.24, 2.45) is 0 Å². The minimum atomic E-state index is -4.72. The van der Waals surface area contributed by atoms with Gasteiger partial charge in [-0.1, -0.05) is 32.9 Å². The van der Waals surface area contributed by atoms with Gasteiger partial charge in [0.1, 0.15) is 17.3 Å². The minimum absolute atomic E-state index is 0.0842. The summed E-state index contributed by atoms with van der Waals surface area (Å²) in [6, 6.07) is 8.83. The quantitative estimate of drug-likeness (QED) is 0.564. The summed E-state index contributed by atoms with van der Waals surface area (Å²) in [6.45, 7) is 5.82. The zero-order chi connectivity index (χ0) is 19.5. The standard InChI is InChI=1S/C20H22F4O2/c1-12(2)17-11-18(21)15(10-19(17)25-4)9-13(3)14-5-7-16(8-6-14)26-20(22,23)24/h5-8,10-13H,9H2,1-4H3. The third kappa shape index (κ3) is 5.13. The van der Waals surface area contributed by atoms with Gasteiger partial charge in [-0.05, 0) is 59.2 Å². The number of hydrogen-bond acceptors (Lipinski definition) is 2. The lowest BCUT2D eigenvalue weighted by Crippen LogP contribution is -2.17. The molecule has 1 unspecified atom stereocenters. The Hall–Kier alpha value is -2.24. The molecule has 0 aliphatic rings. The highest BCUT2D eigenvalue weighted by molar-refractivity contribution is 5.41. The number of ether oxygens (including phenoxy) is 2. The first-order valence-electron chi connectivity index (χ1n) is 8.32. The van der Waals surface area contributed by atoms with Crippen molar-refractivity contribution in [2.75, 3.05) is 7.11 Å². The lowest BCUT2D eigenvalue weighted by atomic mass is 9.91. The van der Waals surface area contributed by atoms with Crippen molar-refractivity contribution in [3.63, 3.8) is 0 Å². The first-order valence-corrected chi connectivity index (χ1v) is 8.32. The van der Waals surface area contributed by atoms with Crippen molar-refractivity contribution in [1.29, 1.82) is 0 Å². The molecule has 0 fully saturated rings. The van der Waals surface area contributed by atoms with Gasteiger partial charge in [0.05, 0.1) is 7.11 Å². The van der Waals surface area contributed by atoms with Crippen LogP contribution in [0.3, 0.4) is 0 Å². The van der Waals surface area contributed by atoms with E-state index in [9.17, 15) is 17.6 Å². The first-order chi connectivity index (χ1) is 12.1. The molecule has 0 amide bonds. The fourth-order valence-electron chi connectivity index (χ4n) is 2.84. The average molecular weight is 370 g/mol. The Morgan fingerprint density at radius 1 is 1.00 bits per heavy atom. The summed E-state index contributed by atoms with van der Waals surface area (Å²) < 4.78 is 60.3. The van der Waals surface area contributed by atoms with E-state index in [-0.39, 0.29) is 23.4 Å². The van der Waals surface area contributed by atoms with Crippen LogP contribution < -0.4 is 9.47 Å². The van der Waals surface area contributed by atoms with Gasteiger partial charge in [0.25, 0.3) is 0 Å². The van der Waals surface area contributed by atoms with Crippen molar-refractivity contribution < 1.29 is 27.0 Å². The van der Waals surface area contributed by atoms with Gasteiger partial charge in [0.2, 0.25) is 0 Å². The SMILES string of the molecule is COc1cc(CC(C)c2ccc(OC(F)(F)F)cc2)c(F)cc1C(C)C. The summed E-state index contributed by atoms with van der Waals surface area (Å²) in [7, 11) is 1.55. The van der Waals surface area contributed by atoms with Gasteiger partial charge in [0.15, 0.2) is 0 Å². The molecule has 0 aliphatic heterocycles. The second-order valence-corrected chi connectivity index (χ2v) is 6.56. The van der Waals surface area contributed by atoms with Gasteiger partial charge >= 0.3 is 6.36 Å². The van der Waals surface area contributed by atoms with Gasteiger partial charge in [-0.2, -0.15) is 0 Å². The summed E-state index contributed by atoms with van der Waals surface area (Å²) in [5.74, 6) is 0.102. The smallest absolute Gasteiger partial charge is 0.496 e. The maximum atomic E-state index is 14.5. The Bertz CT molecular complexity index is 737. The zero-order valence-corrected chi connectivity index (χ0v) is 15.2. The third-order valence-electron chi connectivity index (χ3n) is 4.23. The van der Waals surface area contributed by atoms with E-state index in [4.69, 9.17) is 4.74 Å². The van der Waals surface area contributed by atoms with Crippen molar-refractivity contribution >= 4 is 0 Å². The molecule has 0 N–H and O–H groups in total. The largest absolute Gasteiger partial charge is 0.573 e. The minimum Gasteiger partial charge on any atom is -0.496 e. The number of alkyl halides is 3. The molecule has 0 saturated heterocycles. The fraction of sp³-hybridized carbons (Fsp3) is 0.400. The van der Waals surface area contributed by atoms with E-state index in [1.807, 2.05) is 20.8 Å². The Morgan fingerprint density at radius 2 is 1.62 bits per heavy atom. The van der Waals surface area contributed by atoms with Crippen LogP contribution in [0.4, 0.5) is 17.6 Å². The molecule has 0 heterocycles. The van der Waals surface area contributed by atoms with Crippen molar-refractivity contribution in [3.05, 3.63) is 58.9 Å². The van der Waals surface area contributed by atoms with E-state index in [1.165, 1.54) is 18.2 Å². The number of benzene rings is 2. The van der Waals surface area contributed by atoms with Gasteiger partial charge in [0, 0.05) is 0 Å². The third-order valence-corrected chi connectivity index (χ3v) is 4.23. The van der Waals surface area contributed by atoms with E-state index >= 15 is 0 Å². The predicted octanol–water partition coefficient (Wildman–Crippen LogP) is 6.20. The lowest BCUT2D eigenvalue weighted by molar-refractivity contribution is -0.274. The Kier molecular flexibility index (Phi) is 6.16. The van der Waals surface area contributed by atoms with Crippen LogP contribution in [-0.2, 0) is 6.42 Å². The summed E-state index contributed by atoms with van der Waals surface area (Å²) >= 11 is 0. The molecule has 26 heavy (non-hydrogen) atoms. The maximum Gasteiger partial charge on any atom is 0.573 e. The van der Waals surface area contributed by atoms with Crippen molar-refractivity contribution in [1.82, 2.24) is 0 Å². The van der Waals surface area contributed by atoms with Crippen molar-refractivity contribution in [3.8, 4) is 11.5 Å². The van der Waals surface area contributed by atoms with Crippen molar-refractivity contribution in [2.45, 2.75) is 45.4 Å². The lowest BCUT2D eigenvalue weighted by Gasteiger charge is -2.17. The van der Waals surface area contributed by atoms with E-state index in [0.29, 0.717) is 17.7 Å². The van der Waals surface area contributed by atoms with Crippen LogP contribution in [0.15, 0.2) is 36.4 Å². The van der Waals surface area contributed by atoms with Gasteiger partial charge in [-0.3, -0.25) is 0 Å². The zero-order valence-electron chi connectivity index (χ0n) is 15.2. The molecule has 0 spiro atoms. The maximum absolute atomic E-state index is 14.5. The molecule has 6 heteroatoms. The number of halogens is 4. The van der Waals surface area contributed by atoms with Crippen LogP contribution in [0.25, 0.3) is 0 Å². The summed E-state index contributed by atoms with van der Waals surface area (Å²) in [6.07, 6.45) is -4.31. The van der Waals surface area contributed by atoms with Crippen LogP contribution in [0.1, 0.15) is 49.3 Å². The summed E-state index contributed by atoms with van der Waals surface area (Å²) in [5, 5.41) is 0. The van der Waals surface area contributed by atoms with E-state index in [0.717, 1.165) is 11.1 Å². The van der Waals surface area contributed by atoms with Gasteiger partial charge < -0.3 is 9.47 Å². The molecule has 2 rings (SSSR count). The molecule has 0 bridgehead atoms. The van der Waals surface area contributed by atoms with Crippen LogP contribution in [0.5, 0.6) is 11.5 Å². The van der Waals surface area contributed by atoms with E-state index in [2.05, 4.69) is 4.74 Å². The van der Waals surface area contributed by atoms with Gasteiger partial charge in [-0.25, -0.2) is 4.39 Å². The summed E-state index contributed by atoms with van der Waals surface area (Å²) in [4.78, 5) is 0. The predicted molar refractivity (Wildman–Crippen MR) is 92.3 cm³/mol. The second kappa shape index (κ2) is 7.98. The number of rotatable bonds is 6. The highest BCUT2D eigenvalue weighted by Crippen LogP contribution is 2.32. The van der Waals surface area contributed by atoms with Crippen LogP contribution in [0.2, 0.25) is 0 Å². The van der Waals surface area contributed by atoms with Gasteiger partial charge in [-0.15, -0.1) is 13.2 Å². The average Bonchev–Trinajstić information content (AvgIpc) is 2.55. The Morgan fingerprint density at radius 3 is 2.12 bits per heavy atom. The second-order valence-electron chi connectivity index (χ2n) is 6.56. The molecule has 0 radical (unpaired) electrons. The van der Waals surface area contributed by atoms with E-state index in [1.54, 1.807) is 25.3 Å². The molecular weight excluding hydrogens is 348 g/mol. The monoisotopic (exact) mass is 370 g/mol. The highest BCUT2D eigenvalue weighted by Gasteiger charge is 2.31. The molecule has 0 aliphatic carbocycles. The Labute approximate surface area is 150 Å². The molecular formula is C20H22F4O2. The molecule has 0 aromatic heterocycles. The summed E-state index contributed by atoms with van der Waals surface area (Å²) in [5.41, 5.74) is 2.11. The first kappa shape index (κ1) is 20.1. The molecule has 2 aromatic rings. The van der Waals surface area contributed by atoms with Crippen LogP contribution in [0, 0.1) is 5.82 Å². The number of hydrogen-bond donors (Lipinski definition) is 0. The molecule has 2 nitrogen and oxygen atoms in total. The molecule has 142 valence electrons. The van der Waals surface area contributed by atoms with Crippen LogP contribution in [-0.4, -0.2) is 13.5 Å². The normalized spacial score (nSPS) is 13.0.